The predicted octanol–water partition coefficient (Wildman–Crippen LogP) is 3.33. The quantitative estimate of drug-likeness (QED) is 0.764. The lowest BCUT2D eigenvalue weighted by Crippen LogP contribution is -2.37. The number of carbonyl (C=O) groups is 1. The van der Waals surface area contributed by atoms with Gasteiger partial charge in [-0.05, 0) is 55.7 Å². The Labute approximate surface area is 127 Å². The first-order chi connectivity index (χ1) is 8.76. The van der Waals surface area contributed by atoms with Gasteiger partial charge in [0.15, 0.2) is 0 Å². The molecular formula is C13H20IN3O2. The molecule has 0 saturated carbocycles. The molecule has 6 heteroatoms. The highest BCUT2D eigenvalue weighted by Crippen LogP contribution is 2.34. The third kappa shape index (κ3) is 3.61. The van der Waals surface area contributed by atoms with Crippen LogP contribution in [0.5, 0.6) is 0 Å². The Balaban J connectivity index is 2.16. The van der Waals surface area contributed by atoms with Crippen LogP contribution in [0.1, 0.15) is 46.0 Å². The molecule has 19 heavy (non-hydrogen) atoms. The third-order valence-electron chi connectivity index (χ3n) is 3.02. The van der Waals surface area contributed by atoms with Crippen LogP contribution < -0.4 is 0 Å². The molecule has 1 aromatic heterocycles. The lowest BCUT2D eigenvalue weighted by molar-refractivity contribution is 0.0214. The van der Waals surface area contributed by atoms with Crippen molar-refractivity contribution in [1.82, 2.24) is 14.9 Å². The summed E-state index contributed by atoms with van der Waals surface area (Å²) in [4.78, 5) is 21.6. The van der Waals surface area contributed by atoms with E-state index in [-0.39, 0.29) is 12.1 Å². The summed E-state index contributed by atoms with van der Waals surface area (Å²) in [7, 11) is 0. The zero-order chi connectivity index (χ0) is 14.2. The third-order valence-corrected chi connectivity index (χ3v) is 3.57. The Bertz CT molecular complexity index is 467. The van der Waals surface area contributed by atoms with Gasteiger partial charge in [-0.3, -0.25) is 4.90 Å². The first-order valence-corrected chi connectivity index (χ1v) is 7.54. The minimum absolute atomic E-state index is 0.00614. The van der Waals surface area contributed by atoms with Crippen molar-refractivity contribution in [2.75, 3.05) is 6.54 Å². The highest BCUT2D eigenvalue weighted by molar-refractivity contribution is 14.1. The van der Waals surface area contributed by atoms with Crippen LogP contribution >= 0.6 is 22.6 Å². The standard InChI is InChI=1S/C13H20IN3O2/c1-8-5-9(11-15-6-10(14)16-11)17(7-8)12(18)19-13(2,3)4/h6,8-9H,5,7H2,1-4H3,(H,15,16). The molecule has 1 aliphatic rings. The molecule has 106 valence electrons. The molecule has 0 aliphatic carbocycles. The van der Waals surface area contributed by atoms with Crippen LogP contribution in [-0.4, -0.2) is 33.1 Å². The minimum Gasteiger partial charge on any atom is -0.444 e. The van der Waals surface area contributed by atoms with Crippen LogP contribution in [0.25, 0.3) is 0 Å². The van der Waals surface area contributed by atoms with E-state index in [9.17, 15) is 4.79 Å². The molecule has 0 aromatic carbocycles. The number of aromatic amines is 1. The van der Waals surface area contributed by atoms with Gasteiger partial charge in [0.05, 0.1) is 15.9 Å². The highest BCUT2D eigenvalue weighted by atomic mass is 127. The number of rotatable bonds is 1. The molecule has 5 nitrogen and oxygen atoms in total. The van der Waals surface area contributed by atoms with Gasteiger partial charge >= 0.3 is 6.09 Å². The summed E-state index contributed by atoms with van der Waals surface area (Å²) in [6, 6.07) is -0.00614. The maximum atomic E-state index is 12.3. The lowest BCUT2D eigenvalue weighted by atomic mass is 10.1. The Hall–Kier alpha value is -0.790. The van der Waals surface area contributed by atoms with E-state index in [1.54, 1.807) is 11.1 Å². The second kappa shape index (κ2) is 5.30. The van der Waals surface area contributed by atoms with Crippen molar-refractivity contribution in [3.8, 4) is 0 Å². The fourth-order valence-electron chi connectivity index (χ4n) is 2.31. The predicted molar refractivity (Wildman–Crippen MR) is 80.8 cm³/mol. The van der Waals surface area contributed by atoms with Crippen molar-refractivity contribution < 1.29 is 9.53 Å². The van der Waals surface area contributed by atoms with Gasteiger partial charge < -0.3 is 9.72 Å². The number of likely N-dealkylation sites (tertiary alicyclic amines) is 1. The summed E-state index contributed by atoms with van der Waals surface area (Å²) in [6.07, 6.45) is 2.45. The van der Waals surface area contributed by atoms with Gasteiger partial charge in [-0.1, -0.05) is 6.92 Å². The van der Waals surface area contributed by atoms with Crippen molar-refractivity contribution in [3.63, 3.8) is 0 Å². The van der Waals surface area contributed by atoms with Crippen LogP contribution in [-0.2, 0) is 4.74 Å². The van der Waals surface area contributed by atoms with Gasteiger partial charge in [-0.15, -0.1) is 0 Å². The van der Waals surface area contributed by atoms with Gasteiger partial charge in [0.25, 0.3) is 0 Å². The number of nitrogens with zero attached hydrogens (tertiary/aromatic N) is 2. The maximum absolute atomic E-state index is 12.3. The largest absolute Gasteiger partial charge is 0.444 e. The smallest absolute Gasteiger partial charge is 0.410 e. The summed E-state index contributed by atoms with van der Waals surface area (Å²) in [6.45, 7) is 8.52. The number of halogens is 1. The van der Waals surface area contributed by atoms with Gasteiger partial charge in [0, 0.05) is 6.54 Å². The van der Waals surface area contributed by atoms with Crippen molar-refractivity contribution in [3.05, 3.63) is 15.7 Å². The van der Waals surface area contributed by atoms with Crippen molar-refractivity contribution in [1.29, 1.82) is 0 Å². The molecule has 1 aliphatic heterocycles. The number of aromatic nitrogens is 2. The first kappa shape index (κ1) is 14.6. The van der Waals surface area contributed by atoms with Crippen LogP contribution in [0.2, 0.25) is 0 Å². The molecule has 1 fully saturated rings. The highest BCUT2D eigenvalue weighted by Gasteiger charge is 2.38. The normalized spacial score (nSPS) is 23.7. The van der Waals surface area contributed by atoms with Gasteiger partial charge in [0.1, 0.15) is 11.4 Å². The summed E-state index contributed by atoms with van der Waals surface area (Å²) in [5.41, 5.74) is -0.467. The monoisotopic (exact) mass is 377 g/mol. The van der Waals surface area contributed by atoms with E-state index >= 15 is 0 Å². The number of ether oxygens (including phenoxy) is 1. The molecule has 1 aromatic rings. The minimum atomic E-state index is -0.467. The van der Waals surface area contributed by atoms with E-state index in [1.165, 1.54) is 0 Å². The number of imidazole rings is 1. The van der Waals surface area contributed by atoms with E-state index < -0.39 is 5.60 Å². The topological polar surface area (TPSA) is 58.2 Å². The molecule has 1 saturated heterocycles. The number of amides is 1. The summed E-state index contributed by atoms with van der Waals surface area (Å²) in [5.74, 6) is 1.31. The zero-order valence-corrected chi connectivity index (χ0v) is 13.9. The Morgan fingerprint density at radius 1 is 1.58 bits per heavy atom. The van der Waals surface area contributed by atoms with Crippen LogP contribution in [0.4, 0.5) is 4.79 Å². The van der Waals surface area contributed by atoms with E-state index in [4.69, 9.17) is 4.74 Å². The SMILES string of the molecule is CC1CC(c2ncc(I)[nH]2)N(C(=O)OC(C)(C)C)C1. The first-order valence-electron chi connectivity index (χ1n) is 6.46. The van der Waals surface area contributed by atoms with Gasteiger partial charge in [-0.25, -0.2) is 9.78 Å². The Kier molecular flexibility index (Phi) is 4.08. The molecule has 0 radical (unpaired) electrons. The molecule has 2 rings (SSSR count). The molecule has 2 atom stereocenters. The van der Waals surface area contributed by atoms with Crippen LogP contribution in [0.3, 0.4) is 0 Å². The average molecular weight is 377 g/mol. The number of H-pyrrole nitrogens is 1. The molecule has 0 spiro atoms. The second-order valence-electron chi connectivity index (χ2n) is 6.11. The Morgan fingerprint density at radius 3 is 2.79 bits per heavy atom. The maximum Gasteiger partial charge on any atom is 0.410 e. The zero-order valence-electron chi connectivity index (χ0n) is 11.7. The van der Waals surface area contributed by atoms with Crippen molar-refractivity contribution in [2.24, 2.45) is 5.92 Å². The summed E-state index contributed by atoms with van der Waals surface area (Å²) in [5, 5.41) is 0. The number of hydrogen-bond acceptors (Lipinski definition) is 3. The van der Waals surface area contributed by atoms with E-state index in [0.717, 1.165) is 22.5 Å². The number of carbonyl (C=O) groups excluding carboxylic acids is 1. The van der Waals surface area contributed by atoms with E-state index in [1.807, 2.05) is 20.8 Å². The molecule has 1 N–H and O–H groups in total. The molecular weight excluding hydrogens is 357 g/mol. The van der Waals surface area contributed by atoms with Crippen LogP contribution in [0, 0.1) is 9.62 Å². The Morgan fingerprint density at radius 2 is 2.26 bits per heavy atom. The summed E-state index contributed by atoms with van der Waals surface area (Å²) >= 11 is 2.19. The van der Waals surface area contributed by atoms with Crippen molar-refractivity contribution >= 4 is 28.7 Å². The molecule has 1 amide bonds. The summed E-state index contributed by atoms with van der Waals surface area (Å²) < 4.78 is 6.45. The fraction of sp³-hybridized carbons (Fsp3) is 0.692. The fourth-order valence-corrected chi connectivity index (χ4v) is 2.73. The molecule has 0 bridgehead atoms. The average Bonchev–Trinajstić information content (AvgIpc) is 2.81. The lowest BCUT2D eigenvalue weighted by Gasteiger charge is -2.27. The van der Waals surface area contributed by atoms with Crippen molar-refractivity contribution in [2.45, 2.75) is 45.8 Å². The van der Waals surface area contributed by atoms with Gasteiger partial charge in [-0.2, -0.15) is 0 Å². The number of nitrogens with one attached hydrogen (secondary N) is 1. The molecule has 2 heterocycles. The van der Waals surface area contributed by atoms with E-state index in [2.05, 4.69) is 39.5 Å². The van der Waals surface area contributed by atoms with Gasteiger partial charge in [0.2, 0.25) is 0 Å². The number of hydrogen-bond donors (Lipinski definition) is 1. The second-order valence-corrected chi connectivity index (χ2v) is 7.27. The molecule has 2 unspecified atom stereocenters. The van der Waals surface area contributed by atoms with Crippen LogP contribution in [0.15, 0.2) is 6.20 Å². The van der Waals surface area contributed by atoms with E-state index in [0.29, 0.717) is 5.92 Å².